The molecular formula is C55H48Au2P2+2. The molecule has 6 aromatic rings. The molecule has 2 aliphatic carbocycles. The molecule has 8 rings (SSSR count). The van der Waals surface area contributed by atoms with Crippen molar-refractivity contribution in [2.24, 2.45) is 0 Å². The molecule has 0 amide bonds. The molecule has 0 radical (unpaired) electrons. The van der Waals surface area contributed by atoms with Crippen molar-refractivity contribution < 1.29 is 44.8 Å². The molecular weight excluding hydrogens is 1120 g/mol. The van der Waals surface area contributed by atoms with Gasteiger partial charge in [-0.1, -0.05) is 174 Å². The van der Waals surface area contributed by atoms with Crippen molar-refractivity contribution in [2.45, 2.75) is 19.8 Å². The van der Waals surface area contributed by atoms with Gasteiger partial charge in [-0.25, -0.2) is 0 Å². The number of allylic oxidation sites excluding steroid dienone is 8. The zero-order chi connectivity index (χ0) is 39.7. The normalized spacial score (nSPS) is 12.1. The third-order valence-electron chi connectivity index (χ3n) is 10.1. The summed E-state index contributed by atoms with van der Waals surface area (Å²) in [5, 5.41) is 3.01. The molecule has 0 nitrogen and oxygen atoms in total. The van der Waals surface area contributed by atoms with Gasteiger partial charge in [-0.15, -0.1) is 23.3 Å². The zero-order valence-electron chi connectivity index (χ0n) is 33.2. The summed E-state index contributed by atoms with van der Waals surface area (Å²) in [6.45, 7) is 5.81. The first kappa shape index (κ1) is 47.2. The van der Waals surface area contributed by atoms with Crippen LogP contribution in [-0.4, -0.2) is 12.1 Å². The van der Waals surface area contributed by atoms with E-state index in [1.54, 1.807) is 0 Å². The topological polar surface area (TPSA) is 0 Å². The molecule has 0 saturated carbocycles. The minimum absolute atomic E-state index is 0. The van der Waals surface area contributed by atoms with Gasteiger partial charge >= 0.3 is 44.8 Å². The number of benzene rings is 6. The molecule has 0 aromatic heterocycles. The fourth-order valence-electron chi connectivity index (χ4n) is 7.41. The van der Waals surface area contributed by atoms with E-state index in [1.807, 2.05) is 36.4 Å². The van der Waals surface area contributed by atoms with Gasteiger partial charge in [0, 0.05) is 0 Å². The summed E-state index contributed by atoms with van der Waals surface area (Å²) in [6.07, 6.45) is 34.5. The molecule has 1 unspecified atom stereocenters. The molecule has 0 bridgehead atoms. The molecule has 6 aromatic carbocycles. The third-order valence-corrected chi connectivity index (χ3v) is 16.8. The molecule has 2 aliphatic rings. The van der Waals surface area contributed by atoms with Gasteiger partial charge < -0.3 is 12.8 Å². The van der Waals surface area contributed by atoms with Crippen LogP contribution in [0.25, 0.3) is 22.3 Å². The summed E-state index contributed by atoms with van der Waals surface area (Å²) in [6, 6.07) is 51.1. The second-order valence-corrected chi connectivity index (χ2v) is 19.4. The first-order valence-electron chi connectivity index (χ1n) is 19.5. The van der Waals surface area contributed by atoms with E-state index in [9.17, 15) is 0 Å². The molecule has 0 fully saturated rings. The van der Waals surface area contributed by atoms with Gasteiger partial charge in [-0.3, -0.25) is 11.8 Å². The molecule has 0 heterocycles. The van der Waals surface area contributed by atoms with Crippen LogP contribution in [0.1, 0.15) is 40.3 Å². The third kappa shape index (κ3) is 12.7. The summed E-state index contributed by atoms with van der Waals surface area (Å²) < 4.78 is 0. The van der Waals surface area contributed by atoms with E-state index in [0.717, 1.165) is 30.1 Å². The number of rotatable bonds is 10. The summed E-state index contributed by atoms with van der Waals surface area (Å²) >= 11 is 0. The zero-order valence-corrected chi connectivity index (χ0v) is 39.5. The molecule has 0 saturated heterocycles. The maximum atomic E-state index is 7.30. The van der Waals surface area contributed by atoms with Crippen LogP contribution < -0.4 is 10.6 Å². The van der Waals surface area contributed by atoms with E-state index in [4.69, 9.17) is 12.8 Å². The van der Waals surface area contributed by atoms with Crippen LogP contribution in [0.2, 0.25) is 0 Å². The first-order valence-corrected chi connectivity index (χ1v) is 23.2. The molecule has 298 valence electrons. The molecule has 4 heteroatoms. The van der Waals surface area contributed by atoms with Gasteiger partial charge in [0.1, 0.15) is 18.5 Å². The Labute approximate surface area is 386 Å². The van der Waals surface area contributed by atoms with E-state index < -0.39 is 15.8 Å². The number of fused-ring (bicyclic) bond motifs is 6. The molecule has 1 atom stereocenters. The van der Waals surface area contributed by atoms with Crippen molar-refractivity contribution in [3.63, 3.8) is 0 Å². The van der Waals surface area contributed by atoms with Gasteiger partial charge in [0.2, 0.25) is 0 Å². The van der Waals surface area contributed by atoms with E-state index >= 15 is 0 Å². The Kier molecular flexibility index (Phi) is 20.1. The Bertz CT molecular complexity index is 2330. The van der Waals surface area contributed by atoms with Crippen LogP contribution >= 0.6 is 15.8 Å². The summed E-state index contributed by atoms with van der Waals surface area (Å²) in [5.41, 5.74) is 12.1. The standard InChI is InChI=1S/C25H28P2.2C15H9.2Au/c1-3-5-7-15-21-26(22-16-8-6-4-2)23-27(24-17-11-9-12-18-24)25-19-13-10-14-20-25;2*1-2-11-7-5-8-13-10-12-6-3-4-9-14(12)15(11)13;;/h3-21H,1,22-23H2,2H3;2*3-9H,10H2;;/q;2*-1;2*+1/p+2/b6-4-,7-5-,16-8-,21-15+;;;;. The van der Waals surface area contributed by atoms with Crippen molar-refractivity contribution >= 4 is 26.5 Å². The summed E-state index contributed by atoms with van der Waals surface area (Å²) in [4.78, 5) is 0. The van der Waals surface area contributed by atoms with Crippen molar-refractivity contribution in [3.05, 3.63) is 253 Å². The molecule has 59 heavy (non-hydrogen) atoms. The van der Waals surface area contributed by atoms with Crippen molar-refractivity contribution in [3.8, 4) is 34.1 Å². The van der Waals surface area contributed by atoms with Crippen LogP contribution in [-0.2, 0) is 57.6 Å². The van der Waals surface area contributed by atoms with Crippen molar-refractivity contribution in [2.75, 3.05) is 12.1 Å². The molecule has 0 aliphatic heterocycles. The summed E-state index contributed by atoms with van der Waals surface area (Å²) in [5.74, 6) is 8.76. The average molecular weight is 1160 g/mol. The first-order chi connectivity index (χ1) is 28.1. The quantitative estimate of drug-likeness (QED) is 0.0421. The van der Waals surface area contributed by atoms with Crippen LogP contribution in [0.4, 0.5) is 0 Å². The van der Waals surface area contributed by atoms with E-state index in [-0.39, 0.29) is 44.8 Å². The van der Waals surface area contributed by atoms with E-state index in [2.05, 4.69) is 189 Å². The fraction of sp³-hybridized carbons (Fsp3) is 0.0909. The maximum Gasteiger partial charge on any atom is 1.00 e. The predicted octanol–water partition coefficient (Wildman–Crippen LogP) is 12.8. The Morgan fingerprint density at radius 1 is 0.542 bits per heavy atom. The van der Waals surface area contributed by atoms with Gasteiger partial charge in [-0.05, 0) is 78.4 Å². The van der Waals surface area contributed by atoms with Crippen LogP contribution in [0.5, 0.6) is 0 Å². The van der Waals surface area contributed by atoms with Crippen molar-refractivity contribution in [1.82, 2.24) is 0 Å². The summed E-state index contributed by atoms with van der Waals surface area (Å²) in [7, 11) is -1.42. The average Bonchev–Trinajstić information content (AvgIpc) is 3.85. The smallest absolute Gasteiger partial charge is 0.366 e. The fourth-order valence-corrected chi connectivity index (χ4v) is 14.4. The largest absolute Gasteiger partial charge is 1.00 e. The second-order valence-electron chi connectivity index (χ2n) is 13.8. The van der Waals surface area contributed by atoms with Crippen LogP contribution in [0, 0.1) is 24.7 Å². The SMILES string of the molecule is C=C/C=C\C=C\[PH+](C/C=C\C=C/C)C[PH+](c1ccccc1)c1ccccc1.[Au+].[Au+].[C-]#Cc1cccc2c1-c1ccccc1C2.[C-]#Cc1cccc2c1-c1ccccc1C2. The van der Waals surface area contributed by atoms with Gasteiger partial charge in [0.25, 0.3) is 0 Å². The van der Waals surface area contributed by atoms with Gasteiger partial charge in [0.05, 0.1) is 19.9 Å². The van der Waals surface area contributed by atoms with E-state index in [1.165, 1.54) is 61.0 Å². The van der Waals surface area contributed by atoms with Gasteiger partial charge in [0.15, 0.2) is 5.90 Å². The number of hydrogen-bond donors (Lipinski definition) is 0. The minimum Gasteiger partial charge on any atom is -0.366 e. The predicted molar refractivity (Wildman–Crippen MR) is 253 cm³/mol. The van der Waals surface area contributed by atoms with Crippen LogP contribution in [0.15, 0.2) is 207 Å². The molecule has 0 spiro atoms. The second kappa shape index (κ2) is 25.2. The Hall–Kier alpha value is -4.52. The number of hydrogen-bond acceptors (Lipinski definition) is 0. The Morgan fingerprint density at radius 2 is 1.02 bits per heavy atom. The Balaban J connectivity index is 0.000000204. The maximum absolute atomic E-state index is 7.30. The Morgan fingerprint density at radius 3 is 1.49 bits per heavy atom. The van der Waals surface area contributed by atoms with Crippen LogP contribution in [0.3, 0.4) is 0 Å². The van der Waals surface area contributed by atoms with E-state index in [0.29, 0.717) is 0 Å². The van der Waals surface area contributed by atoms with Gasteiger partial charge in [-0.2, -0.15) is 0 Å². The molecule has 0 N–H and O–H groups in total. The monoisotopic (exact) mass is 1160 g/mol. The van der Waals surface area contributed by atoms with Crippen molar-refractivity contribution in [1.29, 1.82) is 0 Å². The minimum atomic E-state index is -0.785.